The van der Waals surface area contributed by atoms with E-state index in [2.05, 4.69) is 38.2 Å². The maximum atomic E-state index is 3.82. The third-order valence-electron chi connectivity index (χ3n) is 3.74. The smallest absolute Gasteiger partial charge is 0.0105 e. The van der Waals surface area contributed by atoms with Gasteiger partial charge in [-0.15, -0.1) is 0 Å². The number of rotatable bonds is 6. The molecule has 0 heterocycles. The van der Waals surface area contributed by atoms with E-state index >= 15 is 0 Å². The zero-order chi connectivity index (χ0) is 11.3. The highest BCUT2D eigenvalue weighted by atomic mass is 15.1. The molecule has 0 radical (unpaired) electrons. The SMILES string of the molecule is CCCC(CC)NC1CCC(N(C)C)C1. The van der Waals surface area contributed by atoms with Crippen LogP contribution in [0.1, 0.15) is 52.4 Å². The lowest BCUT2D eigenvalue weighted by atomic mass is 10.1. The Kier molecular flexibility index (Phi) is 5.62. The lowest BCUT2D eigenvalue weighted by Gasteiger charge is -2.23. The average molecular weight is 212 g/mol. The Morgan fingerprint density at radius 3 is 2.47 bits per heavy atom. The summed E-state index contributed by atoms with van der Waals surface area (Å²) in [6, 6.07) is 2.33. The summed E-state index contributed by atoms with van der Waals surface area (Å²) in [7, 11) is 4.41. The van der Waals surface area contributed by atoms with Crippen LogP contribution in [0.15, 0.2) is 0 Å². The summed E-state index contributed by atoms with van der Waals surface area (Å²) in [5.74, 6) is 0. The van der Waals surface area contributed by atoms with Crippen LogP contribution in [0.25, 0.3) is 0 Å². The van der Waals surface area contributed by atoms with Crippen molar-refractivity contribution in [2.45, 2.75) is 70.5 Å². The van der Waals surface area contributed by atoms with Gasteiger partial charge >= 0.3 is 0 Å². The summed E-state index contributed by atoms with van der Waals surface area (Å²) in [4.78, 5) is 2.38. The monoisotopic (exact) mass is 212 g/mol. The maximum Gasteiger partial charge on any atom is 0.0105 e. The Bertz CT molecular complexity index is 168. The molecule has 0 aromatic rings. The van der Waals surface area contributed by atoms with Gasteiger partial charge in [0.2, 0.25) is 0 Å². The van der Waals surface area contributed by atoms with Crippen molar-refractivity contribution >= 4 is 0 Å². The van der Waals surface area contributed by atoms with E-state index in [1.54, 1.807) is 0 Å². The van der Waals surface area contributed by atoms with Crippen molar-refractivity contribution in [3.05, 3.63) is 0 Å². The first kappa shape index (κ1) is 13.0. The van der Waals surface area contributed by atoms with Crippen LogP contribution in [0.2, 0.25) is 0 Å². The first-order valence-electron chi connectivity index (χ1n) is 6.59. The van der Waals surface area contributed by atoms with Crippen LogP contribution in [0.3, 0.4) is 0 Å². The minimum atomic E-state index is 0.751. The molecule has 1 N–H and O–H groups in total. The van der Waals surface area contributed by atoms with E-state index in [4.69, 9.17) is 0 Å². The molecule has 1 aliphatic carbocycles. The Morgan fingerprint density at radius 2 is 2.00 bits per heavy atom. The van der Waals surface area contributed by atoms with E-state index in [0.29, 0.717) is 0 Å². The molecule has 1 aliphatic rings. The molecule has 1 saturated carbocycles. The largest absolute Gasteiger partial charge is 0.311 e. The van der Waals surface area contributed by atoms with Gasteiger partial charge in [0.15, 0.2) is 0 Å². The molecular weight excluding hydrogens is 184 g/mol. The van der Waals surface area contributed by atoms with Crippen molar-refractivity contribution in [2.24, 2.45) is 0 Å². The molecule has 1 fully saturated rings. The average Bonchev–Trinajstić information content (AvgIpc) is 2.65. The van der Waals surface area contributed by atoms with Gasteiger partial charge < -0.3 is 10.2 Å². The molecule has 1 rings (SSSR count). The molecule has 3 atom stereocenters. The van der Waals surface area contributed by atoms with Crippen LogP contribution in [0.4, 0.5) is 0 Å². The Balaban J connectivity index is 2.27. The maximum absolute atomic E-state index is 3.82. The zero-order valence-electron chi connectivity index (χ0n) is 10.9. The minimum Gasteiger partial charge on any atom is -0.311 e. The minimum absolute atomic E-state index is 0.751. The molecule has 0 spiro atoms. The van der Waals surface area contributed by atoms with Crippen molar-refractivity contribution in [2.75, 3.05) is 14.1 Å². The molecule has 2 heteroatoms. The number of nitrogens with one attached hydrogen (secondary N) is 1. The van der Waals surface area contributed by atoms with Crippen molar-refractivity contribution < 1.29 is 0 Å². The summed E-state index contributed by atoms with van der Waals surface area (Å²) in [6.45, 7) is 4.58. The lowest BCUT2D eigenvalue weighted by molar-refractivity contribution is 0.289. The normalized spacial score (nSPS) is 28.6. The number of nitrogens with zero attached hydrogens (tertiary/aromatic N) is 1. The highest BCUT2D eigenvalue weighted by molar-refractivity contribution is 4.86. The molecule has 0 saturated heterocycles. The first-order valence-corrected chi connectivity index (χ1v) is 6.59. The van der Waals surface area contributed by atoms with Gasteiger partial charge in [-0.05, 0) is 46.2 Å². The summed E-state index contributed by atoms with van der Waals surface area (Å²) >= 11 is 0. The molecule has 0 aromatic carbocycles. The Morgan fingerprint density at radius 1 is 1.27 bits per heavy atom. The van der Waals surface area contributed by atoms with Gasteiger partial charge in [-0.25, -0.2) is 0 Å². The van der Waals surface area contributed by atoms with Crippen molar-refractivity contribution in [1.82, 2.24) is 10.2 Å². The number of hydrogen-bond acceptors (Lipinski definition) is 2. The second-order valence-corrected chi connectivity index (χ2v) is 5.19. The number of hydrogen-bond donors (Lipinski definition) is 1. The van der Waals surface area contributed by atoms with E-state index in [9.17, 15) is 0 Å². The van der Waals surface area contributed by atoms with Crippen LogP contribution in [0, 0.1) is 0 Å². The van der Waals surface area contributed by atoms with Crippen LogP contribution in [-0.2, 0) is 0 Å². The Labute approximate surface area is 95.4 Å². The third kappa shape index (κ3) is 4.12. The molecular formula is C13H28N2. The van der Waals surface area contributed by atoms with Gasteiger partial charge in [0.05, 0.1) is 0 Å². The fraction of sp³-hybridized carbons (Fsp3) is 1.00. The fourth-order valence-electron chi connectivity index (χ4n) is 2.67. The lowest BCUT2D eigenvalue weighted by Crippen LogP contribution is -2.37. The summed E-state index contributed by atoms with van der Waals surface area (Å²) in [5.41, 5.74) is 0. The predicted molar refractivity (Wildman–Crippen MR) is 67.2 cm³/mol. The highest BCUT2D eigenvalue weighted by Gasteiger charge is 2.26. The zero-order valence-corrected chi connectivity index (χ0v) is 10.9. The molecule has 0 aromatic heterocycles. The molecule has 2 nitrogen and oxygen atoms in total. The van der Waals surface area contributed by atoms with E-state index in [-0.39, 0.29) is 0 Å². The van der Waals surface area contributed by atoms with E-state index < -0.39 is 0 Å². The summed E-state index contributed by atoms with van der Waals surface area (Å²) in [5, 5.41) is 3.82. The standard InChI is InChI=1S/C13H28N2/c1-5-7-11(6-2)14-12-8-9-13(10-12)15(3)4/h11-14H,5-10H2,1-4H3. The van der Waals surface area contributed by atoms with Gasteiger partial charge in [0.25, 0.3) is 0 Å². The highest BCUT2D eigenvalue weighted by Crippen LogP contribution is 2.23. The fourth-order valence-corrected chi connectivity index (χ4v) is 2.67. The molecule has 3 unspecified atom stereocenters. The van der Waals surface area contributed by atoms with E-state index in [1.807, 2.05) is 0 Å². The molecule has 15 heavy (non-hydrogen) atoms. The molecule has 0 bridgehead atoms. The van der Waals surface area contributed by atoms with Gasteiger partial charge in [-0.3, -0.25) is 0 Å². The van der Waals surface area contributed by atoms with Crippen molar-refractivity contribution in [3.8, 4) is 0 Å². The molecule has 0 amide bonds. The van der Waals surface area contributed by atoms with Gasteiger partial charge in [-0.2, -0.15) is 0 Å². The van der Waals surface area contributed by atoms with Crippen LogP contribution in [-0.4, -0.2) is 37.1 Å². The predicted octanol–water partition coefficient (Wildman–Crippen LogP) is 2.64. The van der Waals surface area contributed by atoms with Gasteiger partial charge in [-0.1, -0.05) is 20.3 Å². The first-order chi connectivity index (χ1) is 7.17. The van der Waals surface area contributed by atoms with Crippen molar-refractivity contribution in [1.29, 1.82) is 0 Å². The van der Waals surface area contributed by atoms with Gasteiger partial charge in [0, 0.05) is 18.1 Å². The quantitative estimate of drug-likeness (QED) is 0.728. The molecule has 0 aliphatic heterocycles. The molecule has 90 valence electrons. The van der Waals surface area contributed by atoms with Crippen LogP contribution >= 0.6 is 0 Å². The third-order valence-corrected chi connectivity index (χ3v) is 3.74. The summed E-state index contributed by atoms with van der Waals surface area (Å²) < 4.78 is 0. The Hall–Kier alpha value is -0.0800. The summed E-state index contributed by atoms with van der Waals surface area (Å²) in [6.07, 6.45) is 7.98. The van der Waals surface area contributed by atoms with Crippen LogP contribution < -0.4 is 5.32 Å². The second-order valence-electron chi connectivity index (χ2n) is 5.19. The van der Waals surface area contributed by atoms with E-state index in [1.165, 1.54) is 38.5 Å². The second kappa shape index (κ2) is 6.49. The van der Waals surface area contributed by atoms with Crippen LogP contribution in [0.5, 0.6) is 0 Å². The van der Waals surface area contributed by atoms with E-state index in [0.717, 1.165) is 18.1 Å². The van der Waals surface area contributed by atoms with Crippen molar-refractivity contribution in [3.63, 3.8) is 0 Å². The topological polar surface area (TPSA) is 15.3 Å². The van der Waals surface area contributed by atoms with Gasteiger partial charge in [0.1, 0.15) is 0 Å².